The molecule has 4 aromatic rings. The normalized spacial score (nSPS) is 10.6. The van der Waals surface area contributed by atoms with Crippen molar-refractivity contribution in [1.29, 1.82) is 0 Å². The van der Waals surface area contributed by atoms with E-state index in [1.807, 2.05) is 0 Å². The molecule has 0 aliphatic heterocycles. The number of ether oxygens (including phenoxy) is 1. The second kappa shape index (κ2) is 10.9. The molecule has 0 bridgehead atoms. The standard InChI is InChI=1S/C11H6F2N.C10H7F3N3O.Ir/c12-8-4-5-9(10(13)7-8)11-3-1-2-6-14-11;1-17-6-2-3-14-7(4-6)8-9(10(11,12)13)16-5-15-8;/h1-4,6-7H;2-5H,1H3;/q2*-1;. The molecule has 0 fully saturated rings. The SMILES string of the molecule is COc1ccnc(-c2[n-]cnc2C(F)(F)F)c1.Fc1c[c-]c(-c2ccccn2)c(F)c1.[Ir]. The van der Waals surface area contributed by atoms with E-state index < -0.39 is 23.5 Å². The molecular weight excluding hydrogens is 611 g/mol. The van der Waals surface area contributed by atoms with Crippen LogP contribution in [0.4, 0.5) is 22.0 Å². The van der Waals surface area contributed by atoms with Gasteiger partial charge in [0.05, 0.1) is 12.8 Å². The van der Waals surface area contributed by atoms with Crippen LogP contribution in [-0.2, 0) is 26.3 Å². The van der Waals surface area contributed by atoms with Gasteiger partial charge in [-0.05, 0) is 23.5 Å². The minimum Gasteiger partial charge on any atom is -0.497 e. The zero-order valence-electron chi connectivity index (χ0n) is 16.2. The number of benzene rings is 1. The molecule has 1 aromatic carbocycles. The summed E-state index contributed by atoms with van der Waals surface area (Å²) in [5.41, 5.74) is -0.624. The summed E-state index contributed by atoms with van der Waals surface area (Å²) in [6.07, 6.45) is -0.787. The topological polar surface area (TPSA) is 62.0 Å². The van der Waals surface area contributed by atoms with Crippen LogP contribution >= 0.6 is 0 Å². The largest absolute Gasteiger partial charge is 0.497 e. The monoisotopic (exact) mass is 625 g/mol. The average molecular weight is 625 g/mol. The van der Waals surface area contributed by atoms with Crippen molar-refractivity contribution in [2.45, 2.75) is 6.18 Å². The Balaban J connectivity index is 0.000000224. The third-order valence-corrected chi connectivity index (χ3v) is 3.86. The van der Waals surface area contributed by atoms with Gasteiger partial charge in [-0.3, -0.25) is 13.8 Å². The van der Waals surface area contributed by atoms with E-state index in [9.17, 15) is 22.0 Å². The van der Waals surface area contributed by atoms with Crippen LogP contribution in [0.15, 0.2) is 61.2 Å². The van der Waals surface area contributed by atoms with Crippen LogP contribution in [0.1, 0.15) is 5.69 Å². The first-order valence-electron chi connectivity index (χ1n) is 8.63. The van der Waals surface area contributed by atoms with Crippen molar-refractivity contribution in [1.82, 2.24) is 19.9 Å². The third-order valence-electron chi connectivity index (χ3n) is 3.86. The zero-order valence-corrected chi connectivity index (χ0v) is 18.6. The Kier molecular flexibility index (Phi) is 8.56. The van der Waals surface area contributed by atoms with Gasteiger partial charge in [0.15, 0.2) is 0 Å². The number of aromatic nitrogens is 4. The Morgan fingerprint density at radius 3 is 2.34 bits per heavy atom. The Labute approximate surface area is 193 Å². The minimum atomic E-state index is -4.55. The minimum absolute atomic E-state index is 0. The average Bonchev–Trinajstić information content (AvgIpc) is 3.26. The van der Waals surface area contributed by atoms with E-state index in [0.29, 0.717) is 11.4 Å². The number of pyridine rings is 2. The number of nitrogens with zero attached hydrogens (tertiary/aromatic N) is 4. The molecule has 0 saturated heterocycles. The van der Waals surface area contributed by atoms with Gasteiger partial charge in [0, 0.05) is 55.9 Å². The molecule has 5 nitrogen and oxygen atoms in total. The zero-order chi connectivity index (χ0) is 22.4. The van der Waals surface area contributed by atoms with E-state index in [2.05, 4.69) is 26.0 Å². The van der Waals surface area contributed by atoms with Crippen LogP contribution in [0.5, 0.6) is 5.75 Å². The van der Waals surface area contributed by atoms with Crippen molar-refractivity contribution >= 4 is 0 Å². The first-order chi connectivity index (χ1) is 14.8. The van der Waals surface area contributed by atoms with Gasteiger partial charge >= 0.3 is 6.18 Å². The molecule has 11 heteroatoms. The number of imidazole rings is 1. The fourth-order valence-corrected chi connectivity index (χ4v) is 2.48. The van der Waals surface area contributed by atoms with E-state index in [0.717, 1.165) is 18.5 Å². The van der Waals surface area contributed by atoms with Gasteiger partial charge in [-0.25, -0.2) is 0 Å². The fraction of sp³-hybridized carbons (Fsp3) is 0.0952. The van der Waals surface area contributed by atoms with Crippen LogP contribution in [0, 0.1) is 17.7 Å². The van der Waals surface area contributed by atoms with Crippen molar-refractivity contribution < 1.29 is 46.8 Å². The van der Waals surface area contributed by atoms with E-state index in [-0.39, 0.29) is 37.1 Å². The van der Waals surface area contributed by atoms with Gasteiger partial charge in [-0.1, -0.05) is 30.1 Å². The van der Waals surface area contributed by atoms with Gasteiger partial charge < -0.3 is 19.7 Å². The first-order valence-corrected chi connectivity index (χ1v) is 8.63. The van der Waals surface area contributed by atoms with E-state index in [1.54, 1.807) is 24.4 Å². The molecular formula is C21H13F5IrN4O-2. The van der Waals surface area contributed by atoms with Crippen LogP contribution in [0.2, 0.25) is 0 Å². The smallest absolute Gasteiger partial charge is 0.413 e. The second-order valence-electron chi connectivity index (χ2n) is 5.91. The summed E-state index contributed by atoms with van der Waals surface area (Å²) in [5, 5.41) is 0. The van der Waals surface area contributed by atoms with Crippen LogP contribution in [0.3, 0.4) is 0 Å². The van der Waals surface area contributed by atoms with E-state index >= 15 is 0 Å². The van der Waals surface area contributed by atoms with Crippen molar-refractivity contribution in [3.63, 3.8) is 0 Å². The van der Waals surface area contributed by atoms with E-state index in [4.69, 9.17) is 4.74 Å². The molecule has 32 heavy (non-hydrogen) atoms. The molecule has 0 amide bonds. The van der Waals surface area contributed by atoms with Crippen molar-refractivity contribution in [2.24, 2.45) is 0 Å². The summed E-state index contributed by atoms with van der Waals surface area (Å²) in [6, 6.07) is 12.4. The van der Waals surface area contributed by atoms with Crippen LogP contribution in [-0.4, -0.2) is 22.1 Å². The van der Waals surface area contributed by atoms with Gasteiger partial charge in [-0.15, -0.1) is 12.1 Å². The third kappa shape index (κ3) is 6.18. The summed E-state index contributed by atoms with van der Waals surface area (Å²) in [4.78, 5) is 14.5. The summed E-state index contributed by atoms with van der Waals surface area (Å²) >= 11 is 0. The molecule has 0 atom stereocenters. The molecule has 3 aromatic heterocycles. The van der Waals surface area contributed by atoms with Gasteiger partial charge in [-0.2, -0.15) is 13.2 Å². The quantitative estimate of drug-likeness (QED) is 0.239. The fourth-order valence-electron chi connectivity index (χ4n) is 2.48. The Morgan fingerprint density at radius 2 is 1.72 bits per heavy atom. The molecule has 4 rings (SSSR count). The number of hydrogen-bond acceptors (Lipinski definition) is 4. The maximum Gasteiger partial charge on any atom is 0.413 e. The molecule has 0 unspecified atom stereocenters. The van der Waals surface area contributed by atoms with Crippen LogP contribution in [0.25, 0.3) is 22.6 Å². The molecule has 169 valence electrons. The Bertz CT molecular complexity index is 1150. The first kappa shape index (κ1) is 25.1. The maximum absolute atomic E-state index is 13.2. The van der Waals surface area contributed by atoms with Crippen molar-refractivity contribution in [2.75, 3.05) is 7.11 Å². The Morgan fingerprint density at radius 1 is 0.969 bits per heavy atom. The van der Waals surface area contributed by atoms with E-state index in [1.165, 1.54) is 25.4 Å². The van der Waals surface area contributed by atoms with Gasteiger partial charge in [0.1, 0.15) is 5.75 Å². The number of rotatable bonds is 3. The molecule has 3 heterocycles. The number of hydrogen-bond donors (Lipinski definition) is 0. The predicted octanol–water partition coefficient (Wildman–Crippen LogP) is 4.95. The summed E-state index contributed by atoms with van der Waals surface area (Å²) in [7, 11) is 1.42. The van der Waals surface area contributed by atoms with Crippen LogP contribution < -0.4 is 9.72 Å². The van der Waals surface area contributed by atoms with Gasteiger partial charge in [0.25, 0.3) is 0 Å². The predicted molar refractivity (Wildman–Crippen MR) is 101 cm³/mol. The Hall–Kier alpha value is -3.17. The molecule has 0 aliphatic rings. The second-order valence-corrected chi connectivity index (χ2v) is 5.91. The molecule has 0 aliphatic carbocycles. The van der Waals surface area contributed by atoms with Gasteiger partial charge in [0.2, 0.25) is 0 Å². The molecule has 0 N–H and O–H groups in total. The number of methoxy groups -OCH3 is 1. The molecule has 1 radical (unpaired) electrons. The molecule has 0 spiro atoms. The summed E-state index contributed by atoms with van der Waals surface area (Å²) < 4.78 is 68.5. The van der Waals surface area contributed by atoms with Crippen molar-refractivity contribution in [3.05, 3.63) is 84.6 Å². The maximum atomic E-state index is 13.2. The number of halogens is 5. The number of alkyl halides is 3. The summed E-state index contributed by atoms with van der Waals surface area (Å²) in [5.74, 6) is -0.878. The van der Waals surface area contributed by atoms with Crippen molar-refractivity contribution in [3.8, 4) is 28.4 Å². The molecule has 0 saturated carbocycles. The summed E-state index contributed by atoms with van der Waals surface area (Å²) in [6.45, 7) is 0.